The van der Waals surface area contributed by atoms with Gasteiger partial charge in [0.15, 0.2) is 0 Å². The van der Waals surface area contributed by atoms with Crippen molar-refractivity contribution in [2.24, 2.45) is 28.9 Å². The smallest absolute Gasteiger partial charge is 0.229 e. The molecule has 0 aromatic carbocycles. The van der Waals surface area contributed by atoms with Crippen molar-refractivity contribution in [2.75, 3.05) is 13.1 Å². The lowest BCUT2D eigenvalue weighted by Crippen LogP contribution is -2.56. The van der Waals surface area contributed by atoms with Crippen LogP contribution in [0.15, 0.2) is 0 Å². The standard InChI is InChI=1S/C16H28N2O/c1-11(2)18(4-3-17)15(19)16-8-12-5-13(9-16)7-14(6-12)10-16/h11-14H,3-10,17H2,1-2H3. The molecule has 0 aromatic rings. The summed E-state index contributed by atoms with van der Waals surface area (Å²) in [6, 6.07) is 0.282. The maximum Gasteiger partial charge on any atom is 0.229 e. The number of hydrogen-bond acceptors (Lipinski definition) is 2. The van der Waals surface area contributed by atoms with Gasteiger partial charge in [0.1, 0.15) is 0 Å². The molecular formula is C16H28N2O. The first-order chi connectivity index (χ1) is 9.04. The highest BCUT2D eigenvalue weighted by molar-refractivity contribution is 5.83. The molecule has 0 atom stereocenters. The number of hydrogen-bond donors (Lipinski definition) is 1. The first kappa shape index (κ1) is 13.4. The predicted octanol–water partition coefficient (Wildman–Crippen LogP) is 2.40. The van der Waals surface area contributed by atoms with E-state index in [1.165, 1.54) is 19.3 Å². The second-order valence-corrected chi connectivity index (χ2v) is 7.58. The molecule has 0 spiro atoms. The summed E-state index contributed by atoms with van der Waals surface area (Å²) >= 11 is 0. The first-order valence-corrected chi connectivity index (χ1v) is 8.05. The lowest BCUT2D eigenvalue weighted by atomic mass is 9.49. The number of rotatable bonds is 4. The summed E-state index contributed by atoms with van der Waals surface area (Å²) in [5, 5.41) is 0. The van der Waals surface area contributed by atoms with Crippen molar-refractivity contribution in [2.45, 2.75) is 58.4 Å². The Hall–Kier alpha value is -0.570. The van der Waals surface area contributed by atoms with Gasteiger partial charge in [0.2, 0.25) is 5.91 Å². The Balaban J connectivity index is 1.82. The van der Waals surface area contributed by atoms with Crippen molar-refractivity contribution >= 4 is 5.91 Å². The average molecular weight is 264 g/mol. The fourth-order valence-electron chi connectivity index (χ4n) is 5.41. The van der Waals surface area contributed by atoms with Crippen LogP contribution in [0.4, 0.5) is 0 Å². The van der Waals surface area contributed by atoms with Crippen molar-refractivity contribution < 1.29 is 4.79 Å². The molecule has 108 valence electrons. The summed E-state index contributed by atoms with van der Waals surface area (Å²) in [5.74, 6) is 2.93. The molecule has 1 amide bonds. The van der Waals surface area contributed by atoms with Crippen molar-refractivity contribution in [3.63, 3.8) is 0 Å². The molecule has 0 saturated heterocycles. The molecule has 2 N–H and O–H groups in total. The van der Waals surface area contributed by atoms with Gasteiger partial charge in [0.25, 0.3) is 0 Å². The van der Waals surface area contributed by atoms with E-state index in [1.807, 2.05) is 4.90 Å². The highest BCUT2D eigenvalue weighted by Crippen LogP contribution is 2.60. The maximum absolute atomic E-state index is 13.1. The molecule has 4 aliphatic rings. The molecule has 3 nitrogen and oxygen atoms in total. The van der Waals surface area contributed by atoms with Crippen LogP contribution in [0.5, 0.6) is 0 Å². The van der Waals surface area contributed by atoms with Crippen LogP contribution in [0.2, 0.25) is 0 Å². The molecular weight excluding hydrogens is 236 g/mol. The van der Waals surface area contributed by atoms with E-state index in [9.17, 15) is 4.79 Å². The lowest BCUT2D eigenvalue weighted by molar-refractivity contribution is -0.159. The second kappa shape index (κ2) is 4.76. The molecule has 4 aliphatic carbocycles. The second-order valence-electron chi connectivity index (χ2n) is 7.58. The first-order valence-electron chi connectivity index (χ1n) is 8.05. The highest BCUT2D eigenvalue weighted by atomic mass is 16.2. The average Bonchev–Trinajstić information content (AvgIpc) is 2.33. The summed E-state index contributed by atoms with van der Waals surface area (Å²) in [6.07, 6.45) is 7.66. The van der Waals surface area contributed by atoms with Gasteiger partial charge in [-0.05, 0) is 70.1 Å². The Kier molecular flexibility index (Phi) is 3.36. The van der Waals surface area contributed by atoms with Crippen LogP contribution in [0.1, 0.15) is 52.4 Å². The summed E-state index contributed by atoms with van der Waals surface area (Å²) in [5.41, 5.74) is 5.70. The van der Waals surface area contributed by atoms with E-state index in [1.54, 1.807) is 0 Å². The number of carbonyl (C=O) groups is 1. The largest absolute Gasteiger partial charge is 0.339 e. The summed E-state index contributed by atoms with van der Waals surface area (Å²) in [4.78, 5) is 15.1. The molecule has 19 heavy (non-hydrogen) atoms. The molecule has 0 aromatic heterocycles. The van der Waals surface area contributed by atoms with Gasteiger partial charge in [-0.25, -0.2) is 0 Å². The molecule has 4 saturated carbocycles. The van der Waals surface area contributed by atoms with Gasteiger partial charge < -0.3 is 10.6 Å². The molecule has 0 radical (unpaired) electrons. The van der Waals surface area contributed by atoms with Gasteiger partial charge in [-0.2, -0.15) is 0 Å². The van der Waals surface area contributed by atoms with E-state index in [0.717, 1.165) is 43.6 Å². The summed E-state index contributed by atoms with van der Waals surface area (Å²) in [6.45, 7) is 5.54. The third-order valence-corrected chi connectivity index (χ3v) is 5.75. The van der Waals surface area contributed by atoms with E-state index in [2.05, 4.69) is 13.8 Å². The Morgan fingerprint density at radius 2 is 1.63 bits per heavy atom. The molecule has 0 unspecified atom stereocenters. The normalized spacial score (nSPS) is 39.9. The number of nitrogens with zero attached hydrogens (tertiary/aromatic N) is 1. The van der Waals surface area contributed by atoms with Gasteiger partial charge in [0.05, 0.1) is 5.41 Å². The SMILES string of the molecule is CC(C)N(CCN)C(=O)C12CC3CC(CC(C3)C1)C2. The monoisotopic (exact) mass is 264 g/mol. The van der Waals surface area contributed by atoms with Gasteiger partial charge in [-0.1, -0.05) is 0 Å². The molecule has 4 bridgehead atoms. The van der Waals surface area contributed by atoms with E-state index < -0.39 is 0 Å². The van der Waals surface area contributed by atoms with Gasteiger partial charge in [-0.3, -0.25) is 4.79 Å². The van der Waals surface area contributed by atoms with Crippen LogP contribution in [0, 0.1) is 23.2 Å². The Bertz CT molecular complexity index is 328. The van der Waals surface area contributed by atoms with Gasteiger partial charge >= 0.3 is 0 Å². The third-order valence-electron chi connectivity index (χ3n) is 5.75. The van der Waals surface area contributed by atoms with Crippen LogP contribution >= 0.6 is 0 Å². The van der Waals surface area contributed by atoms with Crippen molar-refractivity contribution in [3.8, 4) is 0 Å². The quantitative estimate of drug-likeness (QED) is 0.847. The Morgan fingerprint density at radius 1 is 1.16 bits per heavy atom. The minimum absolute atomic E-state index is 0.00576. The number of amides is 1. The zero-order valence-corrected chi connectivity index (χ0v) is 12.4. The molecule has 0 heterocycles. The molecule has 0 aliphatic heterocycles. The Morgan fingerprint density at radius 3 is 2.00 bits per heavy atom. The topological polar surface area (TPSA) is 46.3 Å². The Labute approximate surface area is 116 Å². The number of carbonyl (C=O) groups excluding carboxylic acids is 1. The molecule has 4 rings (SSSR count). The van der Waals surface area contributed by atoms with Gasteiger partial charge in [0, 0.05) is 19.1 Å². The van der Waals surface area contributed by atoms with Gasteiger partial charge in [-0.15, -0.1) is 0 Å². The van der Waals surface area contributed by atoms with Crippen molar-refractivity contribution in [3.05, 3.63) is 0 Å². The van der Waals surface area contributed by atoms with Crippen LogP contribution in [-0.4, -0.2) is 29.9 Å². The zero-order valence-electron chi connectivity index (χ0n) is 12.4. The van der Waals surface area contributed by atoms with Crippen molar-refractivity contribution in [1.29, 1.82) is 0 Å². The fraction of sp³-hybridized carbons (Fsp3) is 0.938. The van der Waals surface area contributed by atoms with Crippen LogP contribution in [-0.2, 0) is 4.79 Å². The predicted molar refractivity (Wildman–Crippen MR) is 76.5 cm³/mol. The minimum atomic E-state index is -0.00576. The number of nitrogens with two attached hydrogens (primary N) is 1. The summed E-state index contributed by atoms with van der Waals surface area (Å²) < 4.78 is 0. The van der Waals surface area contributed by atoms with Crippen LogP contribution in [0.3, 0.4) is 0 Å². The fourth-order valence-corrected chi connectivity index (χ4v) is 5.41. The molecule has 3 heteroatoms. The van der Waals surface area contributed by atoms with Crippen LogP contribution < -0.4 is 5.73 Å². The molecule has 4 fully saturated rings. The van der Waals surface area contributed by atoms with E-state index >= 15 is 0 Å². The van der Waals surface area contributed by atoms with E-state index in [0.29, 0.717) is 12.5 Å². The van der Waals surface area contributed by atoms with E-state index in [-0.39, 0.29) is 11.5 Å². The summed E-state index contributed by atoms with van der Waals surface area (Å²) in [7, 11) is 0. The van der Waals surface area contributed by atoms with Crippen molar-refractivity contribution in [1.82, 2.24) is 4.90 Å². The maximum atomic E-state index is 13.1. The minimum Gasteiger partial charge on any atom is -0.339 e. The lowest BCUT2D eigenvalue weighted by Gasteiger charge is -2.57. The highest BCUT2D eigenvalue weighted by Gasteiger charge is 2.55. The van der Waals surface area contributed by atoms with E-state index in [4.69, 9.17) is 5.73 Å². The third kappa shape index (κ3) is 2.20. The zero-order chi connectivity index (χ0) is 13.6. The van der Waals surface area contributed by atoms with Crippen LogP contribution in [0.25, 0.3) is 0 Å².